The van der Waals surface area contributed by atoms with E-state index in [1.165, 1.54) is 0 Å². The lowest BCUT2D eigenvalue weighted by Gasteiger charge is -2.33. The van der Waals surface area contributed by atoms with Gasteiger partial charge >= 0.3 is 0 Å². The van der Waals surface area contributed by atoms with Crippen LogP contribution < -0.4 is 16.0 Å². The molecule has 19 heavy (non-hydrogen) atoms. The fourth-order valence-corrected chi connectivity index (χ4v) is 2.34. The predicted octanol–water partition coefficient (Wildman–Crippen LogP) is -0.699. The lowest BCUT2D eigenvalue weighted by Crippen LogP contribution is -2.57. The van der Waals surface area contributed by atoms with Crippen LogP contribution in [-0.4, -0.2) is 46.2 Å². The standard InChI is InChI=1S/C12H16N6O/c1-8-3-2-4-10-15-12(16-18(8)10)17-6-5-14-7-9(17)11(13)19/h2-4,9,14H,5-7H2,1H3,(H2,13,19). The number of rotatable bonds is 2. The Bertz CT molecular complexity index is 622. The second-order valence-electron chi connectivity index (χ2n) is 4.66. The van der Waals surface area contributed by atoms with Crippen molar-refractivity contribution in [2.45, 2.75) is 13.0 Å². The van der Waals surface area contributed by atoms with Crippen molar-refractivity contribution in [3.8, 4) is 0 Å². The summed E-state index contributed by atoms with van der Waals surface area (Å²) < 4.78 is 1.77. The smallest absolute Gasteiger partial charge is 0.246 e. The van der Waals surface area contributed by atoms with E-state index in [9.17, 15) is 4.79 Å². The number of hydrogen-bond acceptors (Lipinski definition) is 5. The molecule has 2 aromatic rings. The van der Waals surface area contributed by atoms with Crippen LogP contribution in [0.1, 0.15) is 5.69 Å². The van der Waals surface area contributed by atoms with Gasteiger partial charge in [0, 0.05) is 25.3 Å². The zero-order valence-electron chi connectivity index (χ0n) is 10.7. The summed E-state index contributed by atoms with van der Waals surface area (Å²) in [6.45, 7) is 3.96. The fraction of sp³-hybridized carbons (Fsp3) is 0.417. The third-order valence-electron chi connectivity index (χ3n) is 3.37. The van der Waals surface area contributed by atoms with Gasteiger partial charge in [0.25, 0.3) is 0 Å². The number of carbonyl (C=O) groups excluding carboxylic acids is 1. The van der Waals surface area contributed by atoms with Gasteiger partial charge < -0.3 is 16.0 Å². The molecule has 1 unspecified atom stereocenters. The Hall–Kier alpha value is -2.15. The molecule has 1 aliphatic heterocycles. The first kappa shape index (κ1) is 11.9. The molecule has 1 saturated heterocycles. The maximum absolute atomic E-state index is 11.5. The van der Waals surface area contributed by atoms with Crippen molar-refractivity contribution >= 4 is 17.5 Å². The molecule has 0 aliphatic carbocycles. The first-order valence-corrected chi connectivity index (χ1v) is 6.26. The SMILES string of the molecule is Cc1cccc2nc(N3CCNCC3C(N)=O)nn12. The Morgan fingerprint density at radius 3 is 3.11 bits per heavy atom. The molecule has 3 N–H and O–H groups in total. The van der Waals surface area contributed by atoms with Gasteiger partial charge in [-0.05, 0) is 19.1 Å². The van der Waals surface area contributed by atoms with Crippen molar-refractivity contribution in [3.05, 3.63) is 23.9 Å². The van der Waals surface area contributed by atoms with E-state index in [0.717, 1.165) is 17.9 Å². The van der Waals surface area contributed by atoms with E-state index in [1.807, 2.05) is 30.0 Å². The molecular weight excluding hydrogens is 244 g/mol. The van der Waals surface area contributed by atoms with Crippen LogP contribution in [-0.2, 0) is 4.79 Å². The molecule has 0 radical (unpaired) electrons. The van der Waals surface area contributed by atoms with Gasteiger partial charge in [-0.15, -0.1) is 5.10 Å². The van der Waals surface area contributed by atoms with Crippen molar-refractivity contribution in [1.82, 2.24) is 19.9 Å². The summed E-state index contributed by atoms with van der Waals surface area (Å²) in [6.07, 6.45) is 0. The maximum atomic E-state index is 11.5. The number of piperazine rings is 1. The van der Waals surface area contributed by atoms with Gasteiger partial charge in [-0.25, -0.2) is 4.52 Å². The molecule has 0 aromatic carbocycles. The van der Waals surface area contributed by atoms with Crippen LogP contribution >= 0.6 is 0 Å². The highest BCUT2D eigenvalue weighted by Gasteiger charge is 2.29. The molecule has 0 saturated carbocycles. The lowest BCUT2D eigenvalue weighted by molar-refractivity contribution is -0.119. The van der Waals surface area contributed by atoms with E-state index in [1.54, 1.807) is 4.52 Å². The first-order valence-electron chi connectivity index (χ1n) is 6.26. The third kappa shape index (κ3) is 2.01. The number of nitrogens with zero attached hydrogens (tertiary/aromatic N) is 4. The predicted molar refractivity (Wildman–Crippen MR) is 70.9 cm³/mol. The monoisotopic (exact) mass is 260 g/mol. The largest absolute Gasteiger partial charge is 0.368 e. The van der Waals surface area contributed by atoms with Gasteiger partial charge in [0.1, 0.15) is 6.04 Å². The number of aryl methyl sites for hydroxylation is 1. The summed E-state index contributed by atoms with van der Waals surface area (Å²) in [5, 5.41) is 7.62. The van der Waals surface area contributed by atoms with Crippen LogP contribution in [0.25, 0.3) is 5.65 Å². The average molecular weight is 260 g/mol. The van der Waals surface area contributed by atoms with Gasteiger partial charge in [-0.1, -0.05) is 6.07 Å². The van der Waals surface area contributed by atoms with Crippen LogP contribution in [0.3, 0.4) is 0 Å². The molecule has 7 heteroatoms. The lowest BCUT2D eigenvalue weighted by atomic mass is 10.2. The van der Waals surface area contributed by atoms with E-state index in [2.05, 4.69) is 15.4 Å². The molecule has 0 spiro atoms. The molecule has 1 atom stereocenters. The Balaban J connectivity index is 2.02. The van der Waals surface area contributed by atoms with Crippen LogP contribution in [0.5, 0.6) is 0 Å². The number of carbonyl (C=O) groups is 1. The van der Waals surface area contributed by atoms with Crippen LogP contribution in [0.4, 0.5) is 5.95 Å². The summed E-state index contributed by atoms with van der Waals surface area (Å²) in [5.74, 6) is 0.197. The molecule has 100 valence electrons. The van der Waals surface area contributed by atoms with Crippen molar-refractivity contribution in [3.63, 3.8) is 0 Å². The summed E-state index contributed by atoms with van der Waals surface area (Å²) in [5.41, 5.74) is 7.21. The molecule has 0 bridgehead atoms. The molecule has 2 aromatic heterocycles. The Kier molecular flexibility index (Phi) is 2.83. The number of hydrogen-bond donors (Lipinski definition) is 2. The number of nitrogens with two attached hydrogens (primary N) is 1. The number of aromatic nitrogens is 3. The minimum absolute atomic E-state index is 0.359. The molecule has 3 rings (SSSR count). The number of pyridine rings is 1. The van der Waals surface area contributed by atoms with Crippen LogP contribution in [0.15, 0.2) is 18.2 Å². The van der Waals surface area contributed by atoms with E-state index in [0.29, 0.717) is 19.0 Å². The summed E-state index contributed by atoms with van der Waals surface area (Å²) >= 11 is 0. The van der Waals surface area contributed by atoms with Gasteiger partial charge in [0.15, 0.2) is 5.65 Å². The molecule has 1 aliphatic rings. The van der Waals surface area contributed by atoms with Crippen molar-refractivity contribution in [1.29, 1.82) is 0 Å². The average Bonchev–Trinajstić information content (AvgIpc) is 2.84. The normalized spacial score (nSPS) is 19.8. The summed E-state index contributed by atoms with van der Waals surface area (Å²) in [6, 6.07) is 5.40. The number of anilines is 1. The minimum atomic E-state index is -0.397. The van der Waals surface area contributed by atoms with Gasteiger partial charge in [-0.3, -0.25) is 4.79 Å². The third-order valence-corrected chi connectivity index (χ3v) is 3.37. The Morgan fingerprint density at radius 2 is 2.37 bits per heavy atom. The quantitative estimate of drug-likeness (QED) is 0.745. The second-order valence-corrected chi connectivity index (χ2v) is 4.66. The first-order chi connectivity index (χ1) is 9.16. The molecule has 1 amide bonds. The number of primary amides is 1. The van der Waals surface area contributed by atoms with Crippen molar-refractivity contribution in [2.24, 2.45) is 5.73 Å². The maximum Gasteiger partial charge on any atom is 0.246 e. The van der Waals surface area contributed by atoms with E-state index >= 15 is 0 Å². The summed E-state index contributed by atoms with van der Waals surface area (Å²) in [4.78, 5) is 17.8. The van der Waals surface area contributed by atoms with Gasteiger partial charge in [0.2, 0.25) is 11.9 Å². The zero-order chi connectivity index (χ0) is 13.4. The van der Waals surface area contributed by atoms with Crippen LogP contribution in [0.2, 0.25) is 0 Å². The van der Waals surface area contributed by atoms with E-state index in [-0.39, 0.29) is 5.91 Å². The summed E-state index contributed by atoms with van der Waals surface area (Å²) in [7, 11) is 0. The Morgan fingerprint density at radius 1 is 1.53 bits per heavy atom. The molecular formula is C12H16N6O. The number of nitrogens with one attached hydrogen (secondary N) is 1. The van der Waals surface area contributed by atoms with Gasteiger partial charge in [0.05, 0.1) is 0 Å². The highest BCUT2D eigenvalue weighted by atomic mass is 16.1. The Labute approximate surface area is 110 Å². The van der Waals surface area contributed by atoms with Crippen molar-refractivity contribution < 1.29 is 4.79 Å². The highest BCUT2D eigenvalue weighted by Crippen LogP contribution is 2.16. The fourth-order valence-electron chi connectivity index (χ4n) is 2.34. The number of amides is 1. The second kappa shape index (κ2) is 4.51. The highest BCUT2D eigenvalue weighted by molar-refractivity contribution is 5.83. The minimum Gasteiger partial charge on any atom is -0.368 e. The molecule has 3 heterocycles. The molecule has 7 nitrogen and oxygen atoms in total. The number of fused-ring (bicyclic) bond motifs is 1. The van der Waals surface area contributed by atoms with Crippen molar-refractivity contribution in [2.75, 3.05) is 24.5 Å². The van der Waals surface area contributed by atoms with E-state index < -0.39 is 6.04 Å². The van der Waals surface area contributed by atoms with Crippen LogP contribution in [0, 0.1) is 6.92 Å². The van der Waals surface area contributed by atoms with Gasteiger partial charge in [-0.2, -0.15) is 4.98 Å². The zero-order valence-corrected chi connectivity index (χ0v) is 10.7. The van der Waals surface area contributed by atoms with E-state index in [4.69, 9.17) is 5.73 Å². The molecule has 1 fully saturated rings. The topological polar surface area (TPSA) is 88.5 Å².